The van der Waals surface area contributed by atoms with Gasteiger partial charge < -0.3 is 14.8 Å². The molecule has 0 heterocycles. The van der Waals surface area contributed by atoms with Crippen LogP contribution in [0, 0.1) is 5.92 Å². The van der Waals surface area contributed by atoms with Gasteiger partial charge in [0.05, 0.1) is 13.7 Å². The summed E-state index contributed by atoms with van der Waals surface area (Å²) in [6.07, 6.45) is 0. The van der Waals surface area contributed by atoms with Gasteiger partial charge in [-0.25, -0.2) is 0 Å². The molecule has 18 heavy (non-hydrogen) atoms. The Morgan fingerprint density at radius 1 is 1.33 bits per heavy atom. The first-order valence-electron chi connectivity index (χ1n) is 6.29. The number of halogens is 1. The van der Waals surface area contributed by atoms with Crippen LogP contribution >= 0.6 is 15.9 Å². The second-order valence-electron chi connectivity index (χ2n) is 4.52. The van der Waals surface area contributed by atoms with Crippen molar-refractivity contribution in [2.24, 2.45) is 5.92 Å². The minimum atomic E-state index is 0.629. The summed E-state index contributed by atoms with van der Waals surface area (Å²) in [5.41, 5.74) is 1.11. The second-order valence-corrected chi connectivity index (χ2v) is 5.37. The molecule has 0 atom stereocenters. The Hall–Kier alpha value is -0.740. The third-order valence-electron chi connectivity index (χ3n) is 2.53. The van der Waals surface area contributed by atoms with Crippen molar-refractivity contribution in [1.29, 1.82) is 0 Å². The minimum absolute atomic E-state index is 0.629. The first-order valence-corrected chi connectivity index (χ1v) is 7.08. The van der Waals surface area contributed by atoms with Gasteiger partial charge in [-0.15, -0.1) is 0 Å². The van der Waals surface area contributed by atoms with Crippen LogP contribution in [-0.4, -0.2) is 20.3 Å². The van der Waals surface area contributed by atoms with Crippen LogP contribution < -0.4 is 14.8 Å². The molecule has 102 valence electrons. The number of rotatable bonds is 7. The van der Waals surface area contributed by atoms with Crippen molar-refractivity contribution in [1.82, 2.24) is 5.32 Å². The fourth-order valence-electron chi connectivity index (χ4n) is 1.70. The first kappa shape index (κ1) is 15.3. The lowest BCUT2D eigenvalue weighted by molar-refractivity contribution is 0.306. The van der Waals surface area contributed by atoms with E-state index in [9.17, 15) is 0 Å². The monoisotopic (exact) mass is 315 g/mol. The Balaban J connectivity index is 2.91. The molecule has 4 heteroatoms. The van der Waals surface area contributed by atoms with Crippen molar-refractivity contribution < 1.29 is 9.47 Å². The Labute approximate surface area is 118 Å². The van der Waals surface area contributed by atoms with Crippen molar-refractivity contribution >= 4 is 15.9 Å². The molecule has 1 aromatic rings. The summed E-state index contributed by atoms with van der Waals surface area (Å²) >= 11 is 3.57. The molecule has 1 rings (SSSR count). The Kier molecular flexibility index (Phi) is 6.50. The lowest BCUT2D eigenvalue weighted by atomic mass is 10.1. The maximum Gasteiger partial charge on any atom is 0.166 e. The summed E-state index contributed by atoms with van der Waals surface area (Å²) in [6, 6.07) is 3.91. The summed E-state index contributed by atoms with van der Waals surface area (Å²) < 4.78 is 12.1. The lowest BCUT2D eigenvalue weighted by Crippen LogP contribution is -2.20. The van der Waals surface area contributed by atoms with Crippen molar-refractivity contribution in [2.45, 2.75) is 27.3 Å². The SMILES string of the molecule is CCOc1c(OC)ccc(Br)c1CNCC(C)C. The van der Waals surface area contributed by atoms with Gasteiger partial charge in [-0.2, -0.15) is 0 Å². The number of hydrogen-bond acceptors (Lipinski definition) is 3. The molecule has 0 aromatic heterocycles. The lowest BCUT2D eigenvalue weighted by Gasteiger charge is -2.16. The van der Waals surface area contributed by atoms with E-state index >= 15 is 0 Å². The van der Waals surface area contributed by atoms with E-state index in [1.807, 2.05) is 19.1 Å². The molecular weight excluding hydrogens is 294 g/mol. The Bertz CT molecular complexity index is 380. The molecule has 0 aliphatic carbocycles. The van der Waals surface area contributed by atoms with Gasteiger partial charge in [0, 0.05) is 16.6 Å². The van der Waals surface area contributed by atoms with Crippen molar-refractivity contribution in [3.05, 3.63) is 22.2 Å². The molecule has 1 N–H and O–H groups in total. The van der Waals surface area contributed by atoms with Gasteiger partial charge in [0.15, 0.2) is 11.5 Å². The van der Waals surface area contributed by atoms with Gasteiger partial charge in [-0.05, 0) is 31.5 Å². The van der Waals surface area contributed by atoms with Gasteiger partial charge in [-0.3, -0.25) is 0 Å². The van der Waals surface area contributed by atoms with Gasteiger partial charge >= 0.3 is 0 Å². The molecule has 0 saturated carbocycles. The fraction of sp³-hybridized carbons (Fsp3) is 0.571. The second kappa shape index (κ2) is 7.64. The quantitative estimate of drug-likeness (QED) is 0.834. The average molecular weight is 316 g/mol. The Morgan fingerprint density at radius 3 is 2.61 bits per heavy atom. The summed E-state index contributed by atoms with van der Waals surface area (Å²) in [5.74, 6) is 2.23. The van der Waals surface area contributed by atoms with E-state index in [0.717, 1.165) is 34.6 Å². The number of ether oxygens (including phenoxy) is 2. The van der Waals surface area contributed by atoms with Crippen LogP contribution in [0.1, 0.15) is 26.3 Å². The van der Waals surface area contributed by atoms with E-state index in [1.54, 1.807) is 7.11 Å². The standard InChI is InChI=1S/C14H22BrNO2/c1-5-18-14-11(9-16-8-10(2)3)12(15)6-7-13(14)17-4/h6-7,10,16H,5,8-9H2,1-4H3. The number of hydrogen-bond donors (Lipinski definition) is 1. The first-order chi connectivity index (χ1) is 8.60. The summed E-state index contributed by atoms with van der Waals surface area (Å²) in [6.45, 7) is 8.74. The highest BCUT2D eigenvalue weighted by atomic mass is 79.9. The summed E-state index contributed by atoms with van der Waals surface area (Å²) in [5, 5.41) is 3.43. The van der Waals surface area contributed by atoms with E-state index in [2.05, 4.69) is 35.1 Å². The highest BCUT2D eigenvalue weighted by Crippen LogP contribution is 2.36. The number of methoxy groups -OCH3 is 1. The van der Waals surface area contributed by atoms with Crippen LogP contribution in [0.4, 0.5) is 0 Å². The van der Waals surface area contributed by atoms with E-state index < -0.39 is 0 Å². The predicted octanol–water partition coefficient (Wildman–Crippen LogP) is 3.60. The highest BCUT2D eigenvalue weighted by Gasteiger charge is 2.13. The molecule has 0 radical (unpaired) electrons. The largest absolute Gasteiger partial charge is 0.493 e. The van der Waals surface area contributed by atoms with Crippen LogP contribution in [0.3, 0.4) is 0 Å². The van der Waals surface area contributed by atoms with E-state index in [-0.39, 0.29) is 0 Å². The number of benzene rings is 1. The molecule has 1 aromatic carbocycles. The van der Waals surface area contributed by atoms with Gasteiger partial charge in [0.2, 0.25) is 0 Å². The average Bonchev–Trinajstić information content (AvgIpc) is 2.33. The minimum Gasteiger partial charge on any atom is -0.493 e. The van der Waals surface area contributed by atoms with E-state index in [0.29, 0.717) is 12.5 Å². The zero-order valence-corrected chi connectivity index (χ0v) is 13.1. The molecule has 0 bridgehead atoms. The van der Waals surface area contributed by atoms with E-state index in [4.69, 9.17) is 9.47 Å². The topological polar surface area (TPSA) is 30.5 Å². The fourth-order valence-corrected chi connectivity index (χ4v) is 2.15. The van der Waals surface area contributed by atoms with Crippen LogP contribution in [-0.2, 0) is 6.54 Å². The molecule has 0 amide bonds. The van der Waals surface area contributed by atoms with Crippen LogP contribution in [0.5, 0.6) is 11.5 Å². The van der Waals surface area contributed by atoms with Gasteiger partial charge in [-0.1, -0.05) is 29.8 Å². The third-order valence-corrected chi connectivity index (χ3v) is 3.27. The molecule has 3 nitrogen and oxygen atoms in total. The van der Waals surface area contributed by atoms with Crippen LogP contribution in [0.25, 0.3) is 0 Å². The van der Waals surface area contributed by atoms with Gasteiger partial charge in [0.25, 0.3) is 0 Å². The smallest absolute Gasteiger partial charge is 0.166 e. The van der Waals surface area contributed by atoms with Gasteiger partial charge in [0.1, 0.15) is 0 Å². The maximum atomic E-state index is 5.70. The highest BCUT2D eigenvalue weighted by molar-refractivity contribution is 9.10. The van der Waals surface area contributed by atoms with Crippen molar-refractivity contribution in [2.75, 3.05) is 20.3 Å². The molecule has 0 spiro atoms. The molecular formula is C14H22BrNO2. The molecule has 0 saturated heterocycles. The summed E-state index contributed by atoms with van der Waals surface area (Å²) in [4.78, 5) is 0. The zero-order valence-electron chi connectivity index (χ0n) is 11.5. The number of nitrogens with one attached hydrogen (secondary N) is 1. The zero-order chi connectivity index (χ0) is 13.5. The molecule has 0 aliphatic rings. The van der Waals surface area contributed by atoms with Crippen molar-refractivity contribution in [3.8, 4) is 11.5 Å². The normalized spacial score (nSPS) is 10.8. The maximum absolute atomic E-state index is 5.70. The van der Waals surface area contributed by atoms with Crippen LogP contribution in [0.2, 0.25) is 0 Å². The molecule has 0 fully saturated rings. The van der Waals surface area contributed by atoms with E-state index in [1.165, 1.54) is 0 Å². The molecule has 0 aliphatic heterocycles. The predicted molar refractivity (Wildman–Crippen MR) is 78.4 cm³/mol. The Morgan fingerprint density at radius 2 is 2.06 bits per heavy atom. The van der Waals surface area contributed by atoms with Crippen molar-refractivity contribution in [3.63, 3.8) is 0 Å². The third kappa shape index (κ3) is 4.18. The summed E-state index contributed by atoms with van der Waals surface area (Å²) in [7, 11) is 1.66. The molecule has 0 unspecified atom stereocenters. The van der Waals surface area contributed by atoms with Crippen LogP contribution in [0.15, 0.2) is 16.6 Å².